The van der Waals surface area contributed by atoms with Gasteiger partial charge < -0.3 is 14.1 Å². The Bertz CT molecular complexity index is 464. The molecule has 2 heterocycles. The van der Waals surface area contributed by atoms with Crippen LogP contribution < -0.4 is 0 Å². The molecule has 0 fully saturated rings. The van der Waals surface area contributed by atoms with Crippen molar-refractivity contribution in [2.45, 2.75) is 26.9 Å². The van der Waals surface area contributed by atoms with Gasteiger partial charge in [-0.1, -0.05) is 20.4 Å². The van der Waals surface area contributed by atoms with E-state index in [2.05, 4.69) is 25.4 Å². The van der Waals surface area contributed by atoms with Crippen LogP contribution in [0.2, 0.25) is 0 Å². The Kier molecular flexibility index (Phi) is 2.77. The first kappa shape index (κ1) is 10.9. The Labute approximate surface area is 95.1 Å². The van der Waals surface area contributed by atoms with Gasteiger partial charge in [0.15, 0.2) is 5.58 Å². The van der Waals surface area contributed by atoms with Crippen LogP contribution in [-0.2, 0) is 4.74 Å². The Morgan fingerprint density at radius 2 is 2.19 bits per heavy atom. The minimum Gasteiger partial charge on any atom is -0.489 e. The van der Waals surface area contributed by atoms with Crippen LogP contribution in [0, 0.1) is 5.92 Å². The number of nitrogens with one attached hydrogen (secondary N) is 1. The van der Waals surface area contributed by atoms with Crippen LogP contribution >= 0.6 is 0 Å². The molecule has 1 N–H and O–H groups in total. The average Bonchev–Trinajstić information content (AvgIpc) is 2.75. The third-order valence-corrected chi connectivity index (χ3v) is 2.81. The molecule has 0 aliphatic heterocycles. The van der Waals surface area contributed by atoms with Crippen LogP contribution in [0.1, 0.15) is 26.5 Å². The first-order valence-electron chi connectivity index (χ1n) is 5.50. The summed E-state index contributed by atoms with van der Waals surface area (Å²) in [4.78, 5) is 3.20. The van der Waals surface area contributed by atoms with Crippen molar-refractivity contribution < 1.29 is 9.15 Å². The Balaban J connectivity index is 2.13. The second-order valence-electron chi connectivity index (χ2n) is 4.37. The molecule has 2 rings (SSSR count). The summed E-state index contributed by atoms with van der Waals surface area (Å²) in [5.41, 5.74) is 2.68. The SMILES string of the molecule is C=C(OC(C)C(C)C)c1cc2occc2[nH]1. The van der Waals surface area contributed by atoms with Crippen molar-refractivity contribution in [3.05, 3.63) is 30.7 Å². The van der Waals surface area contributed by atoms with E-state index in [1.807, 2.05) is 19.1 Å². The molecule has 1 unspecified atom stereocenters. The summed E-state index contributed by atoms with van der Waals surface area (Å²) in [6.07, 6.45) is 1.81. The van der Waals surface area contributed by atoms with Gasteiger partial charge in [0.2, 0.25) is 0 Å². The van der Waals surface area contributed by atoms with Gasteiger partial charge in [-0.2, -0.15) is 0 Å². The molecular weight excluding hydrogens is 202 g/mol. The first-order valence-corrected chi connectivity index (χ1v) is 5.50. The van der Waals surface area contributed by atoms with Crippen molar-refractivity contribution in [2.24, 2.45) is 5.92 Å². The zero-order chi connectivity index (χ0) is 11.7. The van der Waals surface area contributed by atoms with E-state index in [0.29, 0.717) is 11.7 Å². The summed E-state index contributed by atoms with van der Waals surface area (Å²) >= 11 is 0. The summed E-state index contributed by atoms with van der Waals surface area (Å²) in [5.74, 6) is 1.13. The molecule has 0 aliphatic carbocycles. The molecule has 0 aliphatic rings. The molecule has 0 aromatic carbocycles. The molecule has 0 spiro atoms. The van der Waals surface area contributed by atoms with Gasteiger partial charge in [-0.3, -0.25) is 0 Å². The summed E-state index contributed by atoms with van der Waals surface area (Å²) in [7, 11) is 0. The number of hydrogen-bond donors (Lipinski definition) is 1. The number of ether oxygens (including phenoxy) is 1. The second kappa shape index (κ2) is 4.08. The second-order valence-corrected chi connectivity index (χ2v) is 4.37. The lowest BCUT2D eigenvalue weighted by molar-refractivity contribution is 0.138. The van der Waals surface area contributed by atoms with E-state index >= 15 is 0 Å². The topological polar surface area (TPSA) is 38.2 Å². The van der Waals surface area contributed by atoms with Crippen molar-refractivity contribution in [3.8, 4) is 0 Å². The molecule has 0 saturated heterocycles. The minimum atomic E-state index is 0.155. The molecule has 86 valence electrons. The third-order valence-electron chi connectivity index (χ3n) is 2.81. The summed E-state index contributed by atoms with van der Waals surface area (Å²) in [6.45, 7) is 10.2. The highest BCUT2D eigenvalue weighted by Crippen LogP contribution is 2.23. The molecule has 2 aromatic rings. The number of hydrogen-bond acceptors (Lipinski definition) is 2. The maximum Gasteiger partial charge on any atom is 0.152 e. The van der Waals surface area contributed by atoms with Crippen molar-refractivity contribution in [1.29, 1.82) is 0 Å². The summed E-state index contributed by atoms with van der Waals surface area (Å²) in [5, 5.41) is 0. The van der Waals surface area contributed by atoms with Gasteiger partial charge >= 0.3 is 0 Å². The zero-order valence-electron chi connectivity index (χ0n) is 9.91. The first-order chi connectivity index (χ1) is 7.58. The standard InChI is InChI=1S/C13H17NO2/c1-8(2)9(3)16-10(4)12-7-13-11(14-12)5-6-15-13/h5-9,14H,4H2,1-3H3. The highest BCUT2D eigenvalue weighted by atomic mass is 16.5. The highest BCUT2D eigenvalue weighted by molar-refractivity contribution is 5.78. The van der Waals surface area contributed by atoms with Crippen molar-refractivity contribution >= 4 is 16.9 Å². The fourth-order valence-electron chi connectivity index (χ4n) is 1.42. The van der Waals surface area contributed by atoms with Crippen molar-refractivity contribution in [2.75, 3.05) is 0 Å². The minimum absolute atomic E-state index is 0.155. The van der Waals surface area contributed by atoms with Gasteiger partial charge in [-0.25, -0.2) is 0 Å². The highest BCUT2D eigenvalue weighted by Gasteiger charge is 2.12. The van der Waals surface area contributed by atoms with E-state index < -0.39 is 0 Å². The molecular formula is C13H17NO2. The predicted molar refractivity (Wildman–Crippen MR) is 65.0 cm³/mol. The maximum atomic E-state index is 5.73. The number of fused-ring (bicyclic) bond motifs is 1. The van der Waals surface area contributed by atoms with Crippen LogP contribution in [0.15, 0.2) is 29.4 Å². The molecule has 0 radical (unpaired) electrons. The zero-order valence-corrected chi connectivity index (χ0v) is 9.91. The Hall–Kier alpha value is -1.64. The number of H-pyrrole nitrogens is 1. The number of furan rings is 1. The molecule has 3 nitrogen and oxygen atoms in total. The smallest absolute Gasteiger partial charge is 0.152 e. The molecule has 0 bridgehead atoms. The Morgan fingerprint density at radius 1 is 1.44 bits per heavy atom. The summed E-state index contributed by atoms with van der Waals surface area (Å²) < 4.78 is 11.0. The van der Waals surface area contributed by atoms with E-state index in [0.717, 1.165) is 16.8 Å². The van der Waals surface area contributed by atoms with Gasteiger partial charge in [0.1, 0.15) is 5.76 Å². The quantitative estimate of drug-likeness (QED) is 0.794. The number of aromatic nitrogens is 1. The van der Waals surface area contributed by atoms with Gasteiger partial charge in [-0.05, 0) is 12.8 Å². The molecule has 3 heteroatoms. The van der Waals surface area contributed by atoms with Gasteiger partial charge in [0.05, 0.1) is 23.6 Å². The molecule has 0 saturated carbocycles. The monoisotopic (exact) mass is 219 g/mol. The van der Waals surface area contributed by atoms with E-state index in [-0.39, 0.29) is 6.10 Å². The lowest BCUT2D eigenvalue weighted by Gasteiger charge is -2.18. The molecule has 1 atom stereocenters. The number of aromatic amines is 1. The summed E-state index contributed by atoms with van der Waals surface area (Å²) in [6, 6.07) is 3.79. The molecule has 0 amide bonds. The molecule has 16 heavy (non-hydrogen) atoms. The van der Waals surface area contributed by atoms with Crippen molar-refractivity contribution in [1.82, 2.24) is 4.98 Å². The van der Waals surface area contributed by atoms with E-state index in [1.54, 1.807) is 6.26 Å². The van der Waals surface area contributed by atoms with Crippen LogP contribution in [-0.4, -0.2) is 11.1 Å². The lowest BCUT2D eigenvalue weighted by Crippen LogP contribution is -2.14. The van der Waals surface area contributed by atoms with Crippen LogP contribution in [0.4, 0.5) is 0 Å². The van der Waals surface area contributed by atoms with Crippen LogP contribution in [0.5, 0.6) is 0 Å². The molecule has 2 aromatic heterocycles. The van der Waals surface area contributed by atoms with Crippen molar-refractivity contribution in [3.63, 3.8) is 0 Å². The van der Waals surface area contributed by atoms with E-state index in [9.17, 15) is 0 Å². The lowest BCUT2D eigenvalue weighted by atomic mass is 10.1. The largest absolute Gasteiger partial charge is 0.489 e. The third kappa shape index (κ3) is 1.98. The fourth-order valence-corrected chi connectivity index (χ4v) is 1.42. The van der Waals surface area contributed by atoms with Gasteiger partial charge in [-0.15, -0.1) is 0 Å². The van der Waals surface area contributed by atoms with Crippen LogP contribution in [0.25, 0.3) is 16.9 Å². The van der Waals surface area contributed by atoms with E-state index in [1.165, 1.54) is 0 Å². The van der Waals surface area contributed by atoms with Gasteiger partial charge in [0, 0.05) is 12.1 Å². The predicted octanol–water partition coefficient (Wildman–Crippen LogP) is 3.79. The number of rotatable bonds is 4. The average molecular weight is 219 g/mol. The van der Waals surface area contributed by atoms with Gasteiger partial charge in [0.25, 0.3) is 0 Å². The fraction of sp³-hybridized carbons (Fsp3) is 0.385. The maximum absolute atomic E-state index is 5.73. The van der Waals surface area contributed by atoms with Crippen LogP contribution in [0.3, 0.4) is 0 Å². The Morgan fingerprint density at radius 3 is 2.81 bits per heavy atom. The normalized spacial score (nSPS) is 13.2. The van der Waals surface area contributed by atoms with E-state index in [4.69, 9.17) is 9.15 Å².